The Bertz CT molecular complexity index is 258. The fourth-order valence-electron chi connectivity index (χ4n) is 1.22. The summed E-state index contributed by atoms with van der Waals surface area (Å²) in [5.41, 5.74) is 2.45. The Labute approximate surface area is 73.2 Å². The predicted molar refractivity (Wildman–Crippen MR) is 50.5 cm³/mol. The van der Waals surface area contributed by atoms with Gasteiger partial charge in [0, 0.05) is 0 Å². The second kappa shape index (κ2) is 4.12. The van der Waals surface area contributed by atoms with Crippen LogP contribution in [0.3, 0.4) is 0 Å². The largest absolute Gasteiger partial charge is 0.508 e. The normalized spacial score (nSPS) is 10.2. The van der Waals surface area contributed by atoms with Gasteiger partial charge < -0.3 is 10.4 Å². The summed E-state index contributed by atoms with van der Waals surface area (Å²) in [5.74, 6) is 0.348. The Balaban J connectivity index is 2.72. The number of aromatic hydroxyl groups is 1. The van der Waals surface area contributed by atoms with E-state index in [0.29, 0.717) is 5.75 Å². The van der Waals surface area contributed by atoms with Gasteiger partial charge in [0.2, 0.25) is 0 Å². The van der Waals surface area contributed by atoms with Crippen LogP contribution >= 0.6 is 0 Å². The van der Waals surface area contributed by atoms with E-state index in [4.69, 9.17) is 5.11 Å². The molecule has 0 aliphatic carbocycles. The standard InChI is InChI=1S/C10H15NO/c1-8-7-10(12)4-3-9(8)5-6-11-2/h3-4,7,11-12H,5-6H2,1-2H3. The van der Waals surface area contributed by atoms with Gasteiger partial charge in [-0.1, -0.05) is 6.07 Å². The van der Waals surface area contributed by atoms with Crippen LogP contribution in [0.5, 0.6) is 5.75 Å². The molecule has 1 aromatic rings. The summed E-state index contributed by atoms with van der Waals surface area (Å²) in [4.78, 5) is 0. The molecule has 2 nitrogen and oxygen atoms in total. The number of benzene rings is 1. The maximum Gasteiger partial charge on any atom is 0.115 e. The second-order valence-electron chi connectivity index (χ2n) is 2.96. The molecule has 0 atom stereocenters. The topological polar surface area (TPSA) is 32.3 Å². The zero-order valence-corrected chi connectivity index (χ0v) is 7.59. The fourth-order valence-corrected chi connectivity index (χ4v) is 1.22. The fraction of sp³-hybridized carbons (Fsp3) is 0.400. The molecule has 0 bridgehead atoms. The zero-order valence-electron chi connectivity index (χ0n) is 7.59. The van der Waals surface area contributed by atoms with Crippen LogP contribution in [0, 0.1) is 6.92 Å². The smallest absolute Gasteiger partial charge is 0.115 e. The minimum Gasteiger partial charge on any atom is -0.508 e. The lowest BCUT2D eigenvalue weighted by Crippen LogP contribution is -2.10. The summed E-state index contributed by atoms with van der Waals surface area (Å²) in [6, 6.07) is 5.50. The lowest BCUT2D eigenvalue weighted by molar-refractivity contribution is 0.474. The summed E-state index contributed by atoms with van der Waals surface area (Å²) in [5, 5.41) is 12.2. The average molecular weight is 165 g/mol. The summed E-state index contributed by atoms with van der Waals surface area (Å²) in [6.45, 7) is 3.00. The van der Waals surface area contributed by atoms with Crippen LogP contribution in [0.2, 0.25) is 0 Å². The molecule has 0 aliphatic rings. The first-order valence-corrected chi connectivity index (χ1v) is 4.17. The first-order chi connectivity index (χ1) is 5.74. The molecule has 0 aliphatic heterocycles. The zero-order chi connectivity index (χ0) is 8.97. The Hall–Kier alpha value is -1.02. The van der Waals surface area contributed by atoms with Crippen LogP contribution in [0.4, 0.5) is 0 Å². The van der Waals surface area contributed by atoms with Crippen molar-refractivity contribution in [2.45, 2.75) is 13.3 Å². The highest BCUT2D eigenvalue weighted by molar-refractivity contribution is 5.33. The minimum absolute atomic E-state index is 0.348. The van der Waals surface area contributed by atoms with E-state index in [9.17, 15) is 0 Å². The third kappa shape index (κ3) is 2.24. The Morgan fingerprint density at radius 2 is 2.17 bits per heavy atom. The van der Waals surface area contributed by atoms with Gasteiger partial charge >= 0.3 is 0 Å². The third-order valence-electron chi connectivity index (χ3n) is 1.97. The van der Waals surface area contributed by atoms with Crippen molar-refractivity contribution in [1.82, 2.24) is 5.32 Å². The van der Waals surface area contributed by atoms with Gasteiger partial charge in [-0.15, -0.1) is 0 Å². The van der Waals surface area contributed by atoms with E-state index in [1.165, 1.54) is 5.56 Å². The van der Waals surface area contributed by atoms with E-state index in [1.54, 1.807) is 12.1 Å². The molecule has 2 N–H and O–H groups in total. The molecule has 12 heavy (non-hydrogen) atoms. The third-order valence-corrected chi connectivity index (χ3v) is 1.97. The molecule has 0 saturated heterocycles. The van der Waals surface area contributed by atoms with E-state index >= 15 is 0 Å². The highest BCUT2D eigenvalue weighted by Crippen LogP contribution is 2.15. The Morgan fingerprint density at radius 1 is 1.42 bits per heavy atom. The highest BCUT2D eigenvalue weighted by Gasteiger charge is 1.97. The SMILES string of the molecule is CNCCc1ccc(O)cc1C. The molecule has 1 rings (SSSR count). The second-order valence-corrected chi connectivity index (χ2v) is 2.96. The summed E-state index contributed by atoms with van der Waals surface area (Å²) < 4.78 is 0. The summed E-state index contributed by atoms with van der Waals surface area (Å²) >= 11 is 0. The molecule has 1 aromatic carbocycles. The molecular formula is C10H15NO. The molecule has 0 unspecified atom stereocenters. The van der Waals surface area contributed by atoms with Crippen LogP contribution in [0.1, 0.15) is 11.1 Å². The minimum atomic E-state index is 0.348. The number of likely N-dealkylation sites (N-methyl/N-ethyl adjacent to an activating group) is 1. The van der Waals surface area contributed by atoms with Gasteiger partial charge in [-0.25, -0.2) is 0 Å². The molecule has 0 radical (unpaired) electrons. The van der Waals surface area contributed by atoms with E-state index in [-0.39, 0.29) is 0 Å². The van der Waals surface area contributed by atoms with Crippen molar-refractivity contribution < 1.29 is 5.11 Å². The van der Waals surface area contributed by atoms with Gasteiger partial charge in [0.05, 0.1) is 0 Å². The predicted octanol–water partition coefficient (Wildman–Crippen LogP) is 1.46. The molecule has 0 fully saturated rings. The van der Waals surface area contributed by atoms with Crippen LogP contribution < -0.4 is 5.32 Å². The lowest BCUT2D eigenvalue weighted by atomic mass is 10.1. The molecule has 66 valence electrons. The van der Waals surface area contributed by atoms with Crippen LogP contribution in [0.25, 0.3) is 0 Å². The van der Waals surface area contributed by atoms with Crippen LogP contribution in [-0.4, -0.2) is 18.7 Å². The number of rotatable bonds is 3. The molecule has 2 heteroatoms. The Kier molecular flexibility index (Phi) is 3.11. The number of aryl methyl sites for hydroxylation is 1. The molecule has 0 heterocycles. The van der Waals surface area contributed by atoms with Crippen molar-refractivity contribution in [3.05, 3.63) is 29.3 Å². The molecule has 0 aromatic heterocycles. The molecule has 0 saturated carbocycles. The maximum absolute atomic E-state index is 9.15. The van der Waals surface area contributed by atoms with Crippen molar-refractivity contribution in [2.24, 2.45) is 0 Å². The van der Waals surface area contributed by atoms with Gasteiger partial charge in [0.25, 0.3) is 0 Å². The molecule has 0 amide bonds. The highest BCUT2D eigenvalue weighted by atomic mass is 16.3. The van der Waals surface area contributed by atoms with Gasteiger partial charge in [-0.3, -0.25) is 0 Å². The summed E-state index contributed by atoms with van der Waals surface area (Å²) in [7, 11) is 1.94. The van der Waals surface area contributed by atoms with Gasteiger partial charge in [-0.05, 0) is 50.2 Å². The quantitative estimate of drug-likeness (QED) is 0.710. The molecular weight excluding hydrogens is 150 g/mol. The monoisotopic (exact) mass is 165 g/mol. The number of phenols is 1. The first kappa shape index (κ1) is 9.07. The van der Waals surface area contributed by atoms with Crippen LogP contribution in [0.15, 0.2) is 18.2 Å². The molecule has 0 spiro atoms. The summed E-state index contributed by atoms with van der Waals surface area (Å²) in [6.07, 6.45) is 1.02. The van der Waals surface area contributed by atoms with Gasteiger partial charge in [0.1, 0.15) is 5.75 Å². The van der Waals surface area contributed by atoms with Crippen molar-refractivity contribution in [1.29, 1.82) is 0 Å². The lowest BCUT2D eigenvalue weighted by Gasteiger charge is -2.05. The van der Waals surface area contributed by atoms with Gasteiger partial charge in [-0.2, -0.15) is 0 Å². The van der Waals surface area contributed by atoms with E-state index in [1.807, 2.05) is 20.0 Å². The number of nitrogens with one attached hydrogen (secondary N) is 1. The van der Waals surface area contributed by atoms with E-state index < -0.39 is 0 Å². The van der Waals surface area contributed by atoms with Gasteiger partial charge in [0.15, 0.2) is 0 Å². The van der Waals surface area contributed by atoms with Crippen molar-refractivity contribution >= 4 is 0 Å². The number of hydrogen-bond acceptors (Lipinski definition) is 2. The maximum atomic E-state index is 9.15. The van der Waals surface area contributed by atoms with Crippen molar-refractivity contribution in [3.8, 4) is 5.75 Å². The average Bonchev–Trinajstić information content (AvgIpc) is 2.03. The number of phenolic OH excluding ortho intramolecular Hbond substituents is 1. The number of hydrogen-bond donors (Lipinski definition) is 2. The van der Waals surface area contributed by atoms with Crippen LogP contribution in [-0.2, 0) is 6.42 Å². The Morgan fingerprint density at radius 3 is 2.75 bits per heavy atom. The van der Waals surface area contributed by atoms with Crippen molar-refractivity contribution in [2.75, 3.05) is 13.6 Å². The van der Waals surface area contributed by atoms with E-state index in [0.717, 1.165) is 18.5 Å². The van der Waals surface area contributed by atoms with Crippen molar-refractivity contribution in [3.63, 3.8) is 0 Å². The van der Waals surface area contributed by atoms with E-state index in [2.05, 4.69) is 5.32 Å². The first-order valence-electron chi connectivity index (χ1n) is 4.17.